The Hall–Kier alpha value is -1.14. The fraction of sp³-hybridized carbons (Fsp3) is 0.571. The summed E-state index contributed by atoms with van der Waals surface area (Å²) in [6.07, 6.45) is 0.370. The fourth-order valence-corrected chi connectivity index (χ4v) is 2.20. The number of aliphatic hydroxyl groups is 1. The molecule has 0 saturated carbocycles. The Bertz CT molecular complexity index is 460. The Kier molecular flexibility index (Phi) is 5.95. The van der Waals surface area contributed by atoms with Crippen molar-refractivity contribution < 1.29 is 14.6 Å². The summed E-state index contributed by atoms with van der Waals surface area (Å²) in [7, 11) is 0. The molecule has 1 heterocycles. The number of carbonyl (C=O) groups excluding carboxylic acids is 1. The van der Waals surface area contributed by atoms with Crippen molar-refractivity contribution in [1.82, 2.24) is 9.88 Å². The second kappa shape index (κ2) is 7.04. The van der Waals surface area contributed by atoms with Gasteiger partial charge in [0.2, 0.25) is 0 Å². The van der Waals surface area contributed by atoms with Gasteiger partial charge in [0.25, 0.3) is 0 Å². The molecule has 1 aromatic heterocycles. The molecule has 1 N–H and O–H groups in total. The predicted octanol–water partition coefficient (Wildman–Crippen LogP) is 3.13. The van der Waals surface area contributed by atoms with Gasteiger partial charge in [0.1, 0.15) is 0 Å². The zero-order valence-electron chi connectivity index (χ0n) is 12.3. The van der Waals surface area contributed by atoms with E-state index in [1.165, 1.54) is 0 Å². The van der Waals surface area contributed by atoms with Crippen molar-refractivity contribution in [2.75, 3.05) is 13.2 Å². The van der Waals surface area contributed by atoms with Gasteiger partial charge in [-0.2, -0.15) is 0 Å². The van der Waals surface area contributed by atoms with Gasteiger partial charge in [0.15, 0.2) is 6.10 Å². The molecule has 0 aliphatic carbocycles. The van der Waals surface area contributed by atoms with Gasteiger partial charge >= 0.3 is 6.09 Å². The molecule has 0 fully saturated rings. The first kappa shape index (κ1) is 16.9. The molecule has 0 spiro atoms. The molecule has 1 unspecified atom stereocenters. The van der Waals surface area contributed by atoms with Crippen molar-refractivity contribution in [2.24, 2.45) is 0 Å². The molecule has 0 bridgehead atoms. The molecular formula is C14H21BrN2O3. The second-order valence-electron chi connectivity index (χ2n) is 5.37. The van der Waals surface area contributed by atoms with Crippen LogP contribution in [0.25, 0.3) is 0 Å². The van der Waals surface area contributed by atoms with E-state index in [-0.39, 0.29) is 12.1 Å². The highest BCUT2D eigenvalue weighted by Gasteiger charge is 2.28. The highest BCUT2D eigenvalue weighted by molar-refractivity contribution is 9.10. The van der Waals surface area contributed by atoms with Crippen molar-refractivity contribution in [3.63, 3.8) is 0 Å². The molecule has 1 amide bonds. The molecule has 0 saturated heterocycles. The quantitative estimate of drug-likeness (QED) is 0.911. The number of amides is 1. The second-order valence-corrected chi connectivity index (χ2v) is 6.28. The number of aliphatic hydroxyl groups excluding tert-OH is 1. The molecule has 0 aliphatic rings. The van der Waals surface area contributed by atoms with Gasteiger partial charge in [-0.25, -0.2) is 4.79 Å². The van der Waals surface area contributed by atoms with Crippen LogP contribution in [0.1, 0.15) is 39.5 Å². The topological polar surface area (TPSA) is 62.7 Å². The standard InChI is InChI=1S/C14H21BrN2O3/c1-5-17(14(2,3)4)13(19)20-12(9-18)11-8-10(15)6-7-16-11/h6-8,12,18H,5,9H2,1-4H3. The summed E-state index contributed by atoms with van der Waals surface area (Å²) in [4.78, 5) is 17.9. The minimum absolute atomic E-state index is 0.309. The summed E-state index contributed by atoms with van der Waals surface area (Å²) in [5, 5.41) is 9.43. The van der Waals surface area contributed by atoms with Gasteiger partial charge in [-0.3, -0.25) is 4.98 Å². The number of ether oxygens (including phenoxy) is 1. The van der Waals surface area contributed by atoms with Crippen molar-refractivity contribution >= 4 is 22.0 Å². The minimum Gasteiger partial charge on any atom is -0.437 e. The molecule has 112 valence electrons. The summed E-state index contributed by atoms with van der Waals surface area (Å²) >= 11 is 3.33. The molecule has 1 rings (SSSR count). The number of carbonyl (C=O) groups is 1. The predicted molar refractivity (Wildman–Crippen MR) is 80.4 cm³/mol. The van der Waals surface area contributed by atoms with Crippen molar-refractivity contribution in [1.29, 1.82) is 0 Å². The Morgan fingerprint density at radius 3 is 2.65 bits per heavy atom. The van der Waals surface area contributed by atoms with Gasteiger partial charge in [0, 0.05) is 22.8 Å². The number of aromatic nitrogens is 1. The maximum Gasteiger partial charge on any atom is 0.410 e. The highest BCUT2D eigenvalue weighted by atomic mass is 79.9. The fourth-order valence-electron chi connectivity index (χ4n) is 1.85. The van der Waals surface area contributed by atoms with Crippen LogP contribution in [0.5, 0.6) is 0 Å². The first-order valence-electron chi connectivity index (χ1n) is 6.50. The number of hydrogen-bond acceptors (Lipinski definition) is 4. The van der Waals surface area contributed by atoms with E-state index in [1.54, 1.807) is 23.2 Å². The van der Waals surface area contributed by atoms with E-state index in [2.05, 4.69) is 20.9 Å². The molecular weight excluding hydrogens is 324 g/mol. The summed E-state index contributed by atoms with van der Waals surface area (Å²) in [5.74, 6) is 0. The average Bonchev–Trinajstić information content (AvgIpc) is 2.35. The van der Waals surface area contributed by atoms with Crippen LogP contribution in [0.3, 0.4) is 0 Å². The largest absolute Gasteiger partial charge is 0.437 e. The normalized spacial score (nSPS) is 12.9. The molecule has 20 heavy (non-hydrogen) atoms. The summed E-state index contributed by atoms with van der Waals surface area (Å²) in [6, 6.07) is 3.49. The van der Waals surface area contributed by atoms with Crippen molar-refractivity contribution in [3.8, 4) is 0 Å². The summed E-state index contributed by atoms with van der Waals surface area (Å²) in [5.41, 5.74) is 0.177. The zero-order chi connectivity index (χ0) is 15.3. The van der Waals surface area contributed by atoms with Crippen molar-refractivity contribution in [2.45, 2.75) is 39.3 Å². The maximum absolute atomic E-state index is 12.2. The van der Waals surface area contributed by atoms with Crippen LogP contribution >= 0.6 is 15.9 Å². The van der Waals surface area contributed by atoms with Crippen molar-refractivity contribution in [3.05, 3.63) is 28.5 Å². The van der Waals surface area contributed by atoms with Gasteiger partial charge in [-0.05, 0) is 39.8 Å². The third kappa shape index (κ3) is 4.45. The monoisotopic (exact) mass is 344 g/mol. The third-order valence-corrected chi connectivity index (χ3v) is 3.32. The van der Waals surface area contributed by atoms with E-state index in [1.807, 2.05) is 27.7 Å². The minimum atomic E-state index is -0.767. The van der Waals surface area contributed by atoms with E-state index < -0.39 is 12.2 Å². The summed E-state index contributed by atoms with van der Waals surface area (Å²) < 4.78 is 6.19. The Balaban J connectivity index is 2.86. The molecule has 0 aliphatic heterocycles. The third-order valence-electron chi connectivity index (χ3n) is 2.83. The van der Waals surface area contributed by atoms with Gasteiger partial charge in [-0.15, -0.1) is 0 Å². The van der Waals surface area contributed by atoms with Crippen LogP contribution in [0.15, 0.2) is 22.8 Å². The van der Waals surface area contributed by atoms with E-state index in [0.29, 0.717) is 12.2 Å². The lowest BCUT2D eigenvalue weighted by Gasteiger charge is -2.34. The smallest absolute Gasteiger partial charge is 0.410 e. The Morgan fingerprint density at radius 1 is 1.55 bits per heavy atom. The number of pyridine rings is 1. The molecule has 6 heteroatoms. The Morgan fingerprint density at radius 2 is 2.20 bits per heavy atom. The molecule has 0 radical (unpaired) electrons. The average molecular weight is 345 g/mol. The van der Waals surface area contributed by atoms with Crippen LogP contribution < -0.4 is 0 Å². The van der Waals surface area contributed by atoms with Crippen LogP contribution in [0, 0.1) is 0 Å². The lowest BCUT2D eigenvalue weighted by atomic mass is 10.1. The molecule has 1 atom stereocenters. The Labute approximate surface area is 128 Å². The first-order valence-corrected chi connectivity index (χ1v) is 7.29. The number of nitrogens with zero attached hydrogens (tertiary/aromatic N) is 2. The summed E-state index contributed by atoms with van der Waals surface area (Å²) in [6.45, 7) is 7.91. The zero-order valence-corrected chi connectivity index (χ0v) is 13.8. The van der Waals surface area contributed by atoms with E-state index in [9.17, 15) is 9.90 Å². The number of rotatable bonds is 4. The SMILES string of the molecule is CCN(C(=O)OC(CO)c1cc(Br)ccn1)C(C)(C)C. The number of hydrogen-bond donors (Lipinski definition) is 1. The molecule has 5 nitrogen and oxygen atoms in total. The van der Waals surface area contributed by atoms with E-state index in [4.69, 9.17) is 4.74 Å². The van der Waals surface area contributed by atoms with Crippen LogP contribution in [-0.2, 0) is 4.74 Å². The van der Waals surface area contributed by atoms with Crippen LogP contribution in [0.2, 0.25) is 0 Å². The molecule has 1 aromatic rings. The van der Waals surface area contributed by atoms with E-state index >= 15 is 0 Å². The van der Waals surface area contributed by atoms with Gasteiger partial charge in [0.05, 0.1) is 12.3 Å². The van der Waals surface area contributed by atoms with Gasteiger partial charge < -0.3 is 14.7 Å². The molecule has 0 aromatic carbocycles. The van der Waals surface area contributed by atoms with E-state index in [0.717, 1.165) is 4.47 Å². The lowest BCUT2D eigenvalue weighted by Crippen LogP contribution is -2.46. The number of halogens is 1. The van der Waals surface area contributed by atoms with Crippen LogP contribution in [0.4, 0.5) is 4.79 Å². The van der Waals surface area contributed by atoms with Crippen LogP contribution in [-0.4, -0.2) is 39.8 Å². The van der Waals surface area contributed by atoms with Gasteiger partial charge in [-0.1, -0.05) is 15.9 Å². The first-order chi connectivity index (χ1) is 9.29. The lowest BCUT2D eigenvalue weighted by molar-refractivity contribution is 0.0141. The maximum atomic E-state index is 12.2. The highest BCUT2D eigenvalue weighted by Crippen LogP contribution is 2.22.